The van der Waals surface area contributed by atoms with Crippen molar-refractivity contribution < 1.29 is 26.4 Å². The van der Waals surface area contributed by atoms with Crippen molar-refractivity contribution in [3.8, 4) is 11.3 Å². The average molecular weight is 620 g/mol. The second-order valence-corrected chi connectivity index (χ2v) is 26.0. The van der Waals surface area contributed by atoms with Crippen LogP contribution in [0.5, 0.6) is 0 Å². The van der Waals surface area contributed by atoms with E-state index in [1.54, 1.807) is 19.2 Å². The van der Waals surface area contributed by atoms with Gasteiger partial charge in [0.15, 0.2) is 0 Å². The van der Waals surface area contributed by atoms with Gasteiger partial charge in [-0.25, -0.2) is 0 Å². The molecular formula is C22H25FI2N3O-. The number of aromatic nitrogens is 2. The summed E-state index contributed by atoms with van der Waals surface area (Å²) in [4.78, 5) is 0. The van der Waals surface area contributed by atoms with Crippen LogP contribution >= 0.6 is 15.8 Å². The summed E-state index contributed by atoms with van der Waals surface area (Å²) in [5.41, 5.74) is 6.10. The van der Waals surface area contributed by atoms with Gasteiger partial charge in [0.05, 0.1) is 7.11 Å². The van der Waals surface area contributed by atoms with E-state index in [1.165, 1.54) is 16.8 Å². The van der Waals surface area contributed by atoms with Gasteiger partial charge < -0.3 is 4.74 Å². The maximum absolute atomic E-state index is 14.2. The zero-order valence-corrected chi connectivity index (χ0v) is 20.8. The number of ether oxygens (including phenoxy) is 1. The number of halogens is 3. The monoisotopic (exact) mass is 620 g/mol. The van der Waals surface area contributed by atoms with Crippen molar-refractivity contribution in [2.75, 3.05) is 22.6 Å². The number of methoxy groups -OCH3 is 1. The second kappa shape index (κ2) is 8.66. The van der Waals surface area contributed by atoms with Crippen molar-refractivity contribution in [2.24, 2.45) is 0 Å². The molecular weight excluding hydrogens is 595 g/mol. The fourth-order valence-corrected chi connectivity index (χ4v) is 17.9. The molecule has 156 valence electrons. The maximum atomic E-state index is 14.2. The van der Waals surface area contributed by atoms with Crippen molar-refractivity contribution in [1.29, 1.82) is 0 Å². The Morgan fingerprint density at radius 1 is 1.17 bits per heavy atom. The van der Waals surface area contributed by atoms with Crippen LogP contribution in [0.15, 0.2) is 47.5 Å². The number of hydrogen-bond acceptors (Lipinski definition) is 3. The van der Waals surface area contributed by atoms with Crippen molar-refractivity contribution in [1.82, 2.24) is 15.1 Å². The summed E-state index contributed by atoms with van der Waals surface area (Å²) in [6.45, 7) is 2.61. The topological polar surface area (TPSA) is 39.1 Å². The number of benzene rings is 1. The molecule has 2 aromatic rings. The van der Waals surface area contributed by atoms with E-state index in [2.05, 4.69) is 34.3 Å². The summed E-state index contributed by atoms with van der Waals surface area (Å²) in [5.74, 6) is 0.220. The van der Waals surface area contributed by atoms with Crippen LogP contribution in [0.3, 0.4) is 0 Å². The van der Waals surface area contributed by atoms with Crippen molar-refractivity contribution in [3.63, 3.8) is 0 Å². The first-order valence-corrected chi connectivity index (χ1v) is 20.4. The zero-order chi connectivity index (χ0) is 19.8. The van der Waals surface area contributed by atoms with E-state index in [0.29, 0.717) is 36.0 Å². The van der Waals surface area contributed by atoms with E-state index in [0.717, 1.165) is 43.6 Å². The molecule has 0 radical (unpaired) electrons. The molecule has 1 saturated heterocycles. The summed E-state index contributed by atoms with van der Waals surface area (Å²) in [7, 11) is 1.54. The molecule has 3 heterocycles. The Bertz CT molecular complexity index is 977. The molecule has 0 spiro atoms. The molecule has 1 aromatic carbocycles. The molecule has 0 amide bonds. The number of hydrogen-bond donors (Lipinski definition) is 1. The molecule has 4 nitrogen and oxygen atoms in total. The summed E-state index contributed by atoms with van der Waals surface area (Å²) >= 11 is -0.0291. The Morgan fingerprint density at radius 3 is 2.69 bits per heavy atom. The molecule has 5 rings (SSSR count). The predicted molar refractivity (Wildman–Crippen MR) is 118 cm³/mol. The van der Waals surface area contributed by atoms with Gasteiger partial charge in [0.25, 0.3) is 0 Å². The van der Waals surface area contributed by atoms with Crippen LogP contribution in [0, 0.1) is 3.57 Å². The van der Waals surface area contributed by atoms with E-state index in [9.17, 15) is 4.39 Å². The number of rotatable bonds is 5. The van der Waals surface area contributed by atoms with E-state index < -0.39 is 15.8 Å². The molecule has 7 heteroatoms. The third-order valence-corrected chi connectivity index (χ3v) is 19.8. The number of alkyl halides is 2. The molecule has 1 aliphatic carbocycles. The summed E-state index contributed by atoms with van der Waals surface area (Å²) < 4.78 is 24.7. The van der Waals surface area contributed by atoms with Gasteiger partial charge in [0.1, 0.15) is 0 Å². The Kier molecular flexibility index (Phi) is 5.97. The van der Waals surface area contributed by atoms with Crippen molar-refractivity contribution in [3.05, 3.63) is 62.3 Å². The van der Waals surface area contributed by atoms with Crippen LogP contribution < -0.4 is 22.5 Å². The Hall–Kier alpha value is -0.940. The van der Waals surface area contributed by atoms with E-state index >= 15 is 0 Å². The van der Waals surface area contributed by atoms with Crippen LogP contribution in [0.4, 0.5) is 4.39 Å². The van der Waals surface area contributed by atoms with Gasteiger partial charge in [-0.3, -0.25) is 0 Å². The minimum absolute atomic E-state index is 0.239. The molecule has 1 aromatic heterocycles. The zero-order valence-electron chi connectivity index (χ0n) is 16.5. The standard InChI is InChI=1S/C22H25FI2N3O/c1-29-21-7-2-15(12-19(21)23)13-28-20-9-11-26-10-8-18(20)22(27-28)16-3-5-17(6-4-16)25-14-24-25/h3-6,12,26H,2,7-11,13-14H2,1H3/q-1. The number of nitrogens with zero attached hydrogens (tertiary/aromatic N) is 2. The molecule has 1 fully saturated rings. The van der Waals surface area contributed by atoms with Crippen LogP contribution in [0.25, 0.3) is 11.3 Å². The summed E-state index contributed by atoms with van der Waals surface area (Å²) in [5, 5.41) is 8.56. The summed E-state index contributed by atoms with van der Waals surface area (Å²) in [6, 6.07) is 9.30. The third-order valence-electron chi connectivity index (χ3n) is 5.68. The molecule has 0 atom stereocenters. The number of nitrogens with one attached hydrogen (secondary N) is 1. The first kappa shape index (κ1) is 20.0. The minimum atomic E-state index is -0.611. The van der Waals surface area contributed by atoms with Gasteiger partial charge in [0.2, 0.25) is 0 Å². The molecule has 0 unspecified atom stereocenters. The van der Waals surface area contributed by atoms with Gasteiger partial charge >= 0.3 is 174 Å². The fraction of sp³-hybridized carbons (Fsp3) is 0.409. The molecule has 29 heavy (non-hydrogen) atoms. The number of allylic oxidation sites excluding steroid dienone is 4. The fourth-order valence-electron chi connectivity index (χ4n) is 4.11. The normalized spacial score (nSPS) is 20.5. The Morgan fingerprint density at radius 2 is 1.97 bits per heavy atom. The van der Waals surface area contributed by atoms with Gasteiger partial charge in [-0.2, -0.15) is 0 Å². The quantitative estimate of drug-likeness (QED) is 0.407. The molecule has 0 bridgehead atoms. The van der Waals surface area contributed by atoms with E-state index in [4.69, 9.17) is 9.84 Å². The van der Waals surface area contributed by atoms with Crippen LogP contribution in [-0.2, 0) is 24.1 Å². The predicted octanol–water partition coefficient (Wildman–Crippen LogP) is 1.44. The van der Waals surface area contributed by atoms with Gasteiger partial charge in [-0.15, -0.1) is 0 Å². The van der Waals surface area contributed by atoms with E-state index in [-0.39, 0.29) is 5.83 Å². The average Bonchev–Trinajstić information content (AvgIpc) is 3.56. The van der Waals surface area contributed by atoms with Gasteiger partial charge in [0, 0.05) is 0 Å². The Balaban J connectivity index is 1.48. The third kappa shape index (κ3) is 4.27. The van der Waals surface area contributed by atoms with Crippen LogP contribution in [0.2, 0.25) is 0 Å². The molecule has 2 aliphatic heterocycles. The van der Waals surface area contributed by atoms with Crippen LogP contribution in [0.1, 0.15) is 24.1 Å². The second-order valence-electron chi connectivity index (χ2n) is 7.47. The Labute approximate surface area is 184 Å². The first-order valence-electron chi connectivity index (χ1n) is 10.0. The van der Waals surface area contributed by atoms with Crippen molar-refractivity contribution in [2.45, 2.75) is 32.2 Å². The number of fused-ring (bicyclic) bond motifs is 1. The molecule has 0 saturated carbocycles. The molecule has 3 aliphatic rings. The molecule has 1 N–H and O–H groups in total. The van der Waals surface area contributed by atoms with Crippen molar-refractivity contribution >= 4 is 15.8 Å². The van der Waals surface area contributed by atoms with E-state index in [1.807, 2.05) is 0 Å². The SMILES string of the molecule is COC1=C(F)C=C(Cn2nc(-c3ccc(I4C[I-]4)cc3)c3c2CCNCC3)CC1. The van der Waals surface area contributed by atoms with Crippen LogP contribution in [-0.4, -0.2) is 32.4 Å². The van der Waals surface area contributed by atoms with Gasteiger partial charge in [-0.05, 0) is 0 Å². The summed E-state index contributed by atoms with van der Waals surface area (Å²) in [6.07, 6.45) is 5.06. The first-order chi connectivity index (χ1) is 14.2. The van der Waals surface area contributed by atoms with Gasteiger partial charge in [-0.1, -0.05) is 0 Å².